The van der Waals surface area contributed by atoms with E-state index < -0.39 is 5.60 Å². The fourth-order valence-corrected chi connectivity index (χ4v) is 2.81. The monoisotopic (exact) mass is 258 g/mol. The second-order valence-corrected chi connectivity index (χ2v) is 5.50. The molecule has 4 rings (SSSR count). The highest BCUT2D eigenvalue weighted by atomic mass is 16.3. The number of hydrogen-bond acceptors (Lipinski definition) is 4. The van der Waals surface area contributed by atoms with E-state index in [2.05, 4.69) is 10.1 Å². The average Bonchev–Trinajstić information content (AvgIpc) is 3.14. The fraction of sp³-hybridized carbons (Fsp3) is 0.462. The zero-order chi connectivity index (χ0) is 13.0. The van der Waals surface area contributed by atoms with Gasteiger partial charge in [-0.15, -0.1) is 0 Å². The highest BCUT2D eigenvalue weighted by molar-refractivity contribution is 6.01. The Morgan fingerprint density at radius 2 is 2.16 bits per heavy atom. The molecule has 6 heteroatoms. The van der Waals surface area contributed by atoms with Crippen molar-refractivity contribution in [1.29, 1.82) is 0 Å². The minimum Gasteiger partial charge on any atom is -0.386 e. The molecule has 0 aromatic carbocycles. The average molecular weight is 258 g/mol. The molecule has 19 heavy (non-hydrogen) atoms. The van der Waals surface area contributed by atoms with E-state index in [0.717, 1.165) is 12.8 Å². The van der Waals surface area contributed by atoms with Crippen LogP contribution in [0, 0.1) is 5.92 Å². The summed E-state index contributed by atoms with van der Waals surface area (Å²) in [7, 11) is 0. The van der Waals surface area contributed by atoms with Gasteiger partial charge in [-0.1, -0.05) is 0 Å². The van der Waals surface area contributed by atoms with Crippen LogP contribution in [0.3, 0.4) is 0 Å². The molecule has 0 spiro atoms. The molecule has 1 N–H and O–H groups in total. The number of nitrogens with zero attached hydrogens (tertiary/aromatic N) is 4. The Morgan fingerprint density at radius 1 is 1.37 bits per heavy atom. The van der Waals surface area contributed by atoms with Crippen molar-refractivity contribution in [3.63, 3.8) is 0 Å². The van der Waals surface area contributed by atoms with E-state index in [1.54, 1.807) is 34.2 Å². The molecule has 2 aliphatic rings. The molecule has 1 aliphatic carbocycles. The van der Waals surface area contributed by atoms with Crippen LogP contribution in [0.15, 0.2) is 24.8 Å². The lowest BCUT2D eigenvalue weighted by atomic mass is 9.88. The van der Waals surface area contributed by atoms with Gasteiger partial charge in [0.05, 0.1) is 36.6 Å². The smallest absolute Gasteiger partial charge is 0.257 e. The van der Waals surface area contributed by atoms with Crippen LogP contribution in [0.25, 0.3) is 5.52 Å². The van der Waals surface area contributed by atoms with Crippen molar-refractivity contribution >= 4 is 11.4 Å². The van der Waals surface area contributed by atoms with Crippen LogP contribution in [-0.4, -0.2) is 49.2 Å². The lowest BCUT2D eigenvalue weighted by Crippen LogP contribution is -2.64. The van der Waals surface area contributed by atoms with Crippen molar-refractivity contribution in [2.45, 2.75) is 18.4 Å². The molecule has 1 saturated carbocycles. The summed E-state index contributed by atoms with van der Waals surface area (Å²) in [6, 6.07) is 0. The lowest BCUT2D eigenvalue weighted by Gasteiger charge is -2.46. The second-order valence-electron chi connectivity index (χ2n) is 5.50. The fourth-order valence-electron chi connectivity index (χ4n) is 2.81. The first-order valence-corrected chi connectivity index (χ1v) is 6.46. The molecule has 2 aromatic heterocycles. The highest BCUT2D eigenvalue weighted by Gasteiger charge is 2.53. The molecule has 1 aliphatic heterocycles. The zero-order valence-electron chi connectivity index (χ0n) is 10.4. The largest absolute Gasteiger partial charge is 0.386 e. The number of fused-ring (bicyclic) bond motifs is 1. The number of aliphatic hydroxyl groups is 1. The molecule has 0 bridgehead atoms. The summed E-state index contributed by atoms with van der Waals surface area (Å²) in [5, 5.41) is 14.4. The summed E-state index contributed by atoms with van der Waals surface area (Å²) >= 11 is 0. The van der Waals surface area contributed by atoms with Crippen molar-refractivity contribution in [1.82, 2.24) is 19.5 Å². The SMILES string of the molecule is O=C(c1cnn2ccncc12)N1CC(O)(C2CC2)C1. The Morgan fingerprint density at radius 3 is 2.89 bits per heavy atom. The van der Waals surface area contributed by atoms with Gasteiger partial charge in [0.2, 0.25) is 0 Å². The van der Waals surface area contributed by atoms with Gasteiger partial charge in [0.25, 0.3) is 5.91 Å². The van der Waals surface area contributed by atoms with Crippen LogP contribution in [0.5, 0.6) is 0 Å². The molecule has 3 heterocycles. The quantitative estimate of drug-likeness (QED) is 0.842. The molecule has 1 saturated heterocycles. The molecule has 98 valence electrons. The Bertz CT molecular complexity index is 655. The van der Waals surface area contributed by atoms with E-state index in [1.165, 1.54) is 0 Å². The number of hydrogen-bond donors (Lipinski definition) is 1. The van der Waals surface area contributed by atoms with Crippen LogP contribution >= 0.6 is 0 Å². The Labute approximate surface area is 109 Å². The van der Waals surface area contributed by atoms with Gasteiger partial charge < -0.3 is 10.0 Å². The molecule has 0 radical (unpaired) electrons. The highest BCUT2D eigenvalue weighted by Crippen LogP contribution is 2.44. The standard InChI is InChI=1S/C13H14N4O2/c18-12(16-7-13(19,8-16)9-1-2-9)10-5-15-17-4-3-14-6-11(10)17/h3-6,9,19H,1-2,7-8H2. The van der Waals surface area contributed by atoms with Crippen LogP contribution < -0.4 is 0 Å². The molecule has 0 atom stereocenters. The van der Waals surface area contributed by atoms with Gasteiger partial charge in [-0.25, -0.2) is 4.52 Å². The zero-order valence-corrected chi connectivity index (χ0v) is 10.4. The summed E-state index contributed by atoms with van der Waals surface area (Å²) in [6.45, 7) is 0.877. The van der Waals surface area contributed by atoms with Gasteiger partial charge >= 0.3 is 0 Å². The molecule has 0 unspecified atom stereocenters. The van der Waals surface area contributed by atoms with Crippen molar-refractivity contribution in [3.8, 4) is 0 Å². The number of amides is 1. The summed E-state index contributed by atoms with van der Waals surface area (Å²) in [5.41, 5.74) is 0.608. The van der Waals surface area contributed by atoms with Crippen LogP contribution in [0.2, 0.25) is 0 Å². The van der Waals surface area contributed by atoms with Gasteiger partial charge in [0, 0.05) is 12.4 Å². The summed E-state index contributed by atoms with van der Waals surface area (Å²) in [6.07, 6.45) is 8.70. The summed E-state index contributed by atoms with van der Waals surface area (Å²) in [5.74, 6) is 0.315. The first-order valence-electron chi connectivity index (χ1n) is 6.46. The lowest BCUT2D eigenvalue weighted by molar-refractivity contribution is -0.0957. The van der Waals surface area contributed by atoms with Crippen LogP contribution in [-0.2, 0) is 0 Å². The number of β-amino-alcohol motifs (C(OH)–C–C–N with tert-alkyl or cyclic N) is 1. The molecule has 2 aromatic rings. The Kier molecular flexibility index (Phi) is 2.04. The van der Waals surface area contributed by atoms with Crippen LogP contribution in [0.1, 0.15) is 23.2 Å². The summed E-state index contributed by atoms with van der Waals surface area (Å²) in [4.78, 5) is 18.1. The first kappa shape index (κ1) is 10.9. The normalized spacial score (nSPS) is 21.4. The van der Waals surface area contributed by atoms with Crippen molar-refractivity contribution in [2.75, 3.05) is 13.1 Å². The second kappa shape index (κ2) is 3.54. The third kappa shape index (κ3) is 1.56. The number of rotatable bonds is 2. The molecular formula is C13H14N4O2. The van der Waals surface area contributed by atoms with Gasteiger partial charge in [-0.05, 0) is 18.8 Å². The molecular weight excluding hydrogens is 244 g/mol. The van der Waals surface area contributed by atoms with Gasteiger partial charge in [0.1, 0.15) is 5.60 Å². The van der Waals surface area contributed by atoms with E-state index in [1.807, 2.05) is 0 Å². The third-order valence-corrected chi connectivity index (χ3v) is 4.11. The van der Waals surface area contributed by atoms with Gasteiger partial charge in [-0.2, -0.15) is 5.10 Å². The minimum absolute atomic E-state index is 0.0756. The number of likely N-dealkylation sites (tertiary alicyclic amines) is 1. The summed E-state index contributed by atoms with van der Waals surface area (Å²) < 4.78 is 1.63. The predicted molar refractivity (Wildman–Crippen MR) is 66.6 cm³/mol. The van der Waals surface area contributed by atoms with Crippen molar-refractivity contribution < 1.29 is 9.90 Å². The van der Waals surface area contributed by atoms with E-state index in [-0.39, 0.29) is 5.91 Å². The van der Waals surface area contributed by atoms with Crippen LogP contribution in [0.4, 0.5) is 0 Å². The predicted octanol–water partition coefficient (Wildman–Crippen LogP) is 0.326. The van der Waals surface area contributed by atoms with E-state index >= 15 is 0 Å². The first-order chi connectivity index (χ1) is 9.17. The van der Waals surface area contributed by atoms with Gasteiger partial charge in [-0.3, -0.25) is 9.78 Å². The van der Waals surface area contributed by atoms with E-state index in [4.69, 9.17) is 0 Å². The Balaban J connectivity index is 1.58. The topological polar surface area (TPSA) is 70.7 Å². The number of carbonyl (C=O) groups is 1. The molecule has 6 nitrogen and oxygen atoms in total. The maximum Gasteiger partial charge on any atom is 0.257 e. The Hall–Kier alpha value is -1.95. The van der Waals surface area contributed by atoms with E-state index in [0.29, 0.717) is 30.1 Å². The van der Waals surface area contributed by atoms with E-state index in [9.17, 15) is 9.90 Å². The van der Waals surface area contributed by atoms with Crippen molar-refractivity contribution in [3.05, 3.63) is 30.4 Å². The number of aromatic nitrogens is 3. The molecule has 1 amide bonds. The van der Waals surface area contributed by atoms with Gasteiger partial charge in [0.15, 0.2) is 0 Å². The van der Waals surface area contributed by atoms with Crippen molar-refractivity contribution in [2.24, 2.45) is 5.92 Å². The maximum absolute atomic E-state index is 12.4. The third-order valence-electron chi connectivity index (χ3n) is 4.11. The minimum atomic E-state index is -0.642. The molecule has 2 fully saturated rings. The number of carbonyl (C=O) groups excluding carboxylic acids is 1. The maximum atomic E-state index is 12.4.